The van der Waals surface area contributed by atoms with Crippen LogP contribution in [-0.2, 0) is 23.9 Å². The standard InChI is InChI=1S/C15H22O6/c1-11(2)15(19)21-9-6-4-5-7-13(16)20-10-8-12(3)14(17)18/h1,3-10H2,2H3,(H,17,18). The van der Waals surface area contributed by atoms with Crippen molar-refractivity contribution in [3.63, 3.8) is 0 Å². The number of carboxylic acids is 1. The summed E-state index contributed by atoms with van der Waals surface area (Å²) in [6, 6.07) is 0. The molecule has 6 nitrogen and oxygen atoms in total. The Balaban J connectivity index is 3.50. The molecule has 6 heteroatoms. The lowest BCUT2D eigenvalue weighted by Gasteiger charge is -2.05. The van der Waals surface area contributed by atoms with Crippen molar-refractivity contribution in [1.29, 1.82) is 0 Å². The Morgan fingerprint density at radius 2 is 1.62 bits per heavy atom. The van der Waals surface area contributed by atoms with Crippen LogP contribution in [0.25, 0.3) is 0 Å². The van der Waals surface area contributed by atoms with Gasteiger partial charge in [0.05, 0.1) is 13.2 Å². The Bertz CT molecular complexity index is 410. The van der Waals surface area contributed by atoms with Crippen LogP contribution in [0.1, 0.15) is 39.0 Å². The van der Waals surface area contributed by atoms with Crippen LogP contribution < -0.4 is 0 Å². The maximum Gasteiger partial charge on any atom is 0.333 e. The van der Waals surface area contributed by atoms with E-state index in [0.717, 1.165) is 6.42 Å². The van der Waals surface area contributed by atoms with Gasteiger partial charge in [-0.25, -0.2) is 9.59 Å². The molecule has 0 atom stereocenters. The molecule has 0 aliphatic heterocycles. The smallest absolute Gasteiger partial charge is 0.333 e. The van der Waals surface area contributed by atoms with Crippen LogP contribution in [0.15, 0.2) is 24.3 Å². The number of carbonyl (C=O) groups is 3. The van der Waals surface area contributed by atoms with E-state index in [0.29, 0.717) is 25.0 Å². The first kappa shape index (κ1) is 18.9. The van der Waals surface area contributed by atoms with E-state index in [2.05, 4.69) is 13.2 Å². The van der Waals surface area contributed by atoms with Gasteiger partial charge in [-0.15, -0.1) is 0 Å². The lowest BCUT2D eigenvalue weighted by Crippen LogP contribution is -2.09. The minimum Gasteiger partial charge on any atom is -0.478 e. The van der Waals surface area contributed by atoms with Gasteiger partial charge >= 0.3 is 17.9 Å². The van der Waals surface area contributed by atoms with Gasteiger partial charge in [-0.2, -0.15) is 0 Å². The minimum absolute atomic E-state index is 0.0159. The molecule has 0 spiro atoms. The van der Waals surface area contributed by atoms with E-state index in [9.17, 15) is 14.4 Å². The van der Waals surface area contributed by atoms with Crippen molar-refractivity contribution in [2.24, 2.45) is 0 Å². The first-order valence-electron chi connectivity index (χ1n) is 6.74. The lowest BCUT2D eigenvalue weighted by atomic mass is 10.2. The zero-order chi connectivity index (χ0) is 16.3. The molecule has 0 unspecified atom stereocenters. The predicted molar refractivity (Wildman–Crippen MR) is 76.6 cm³/mol. The Hall–Kier alpha value is -2.11. The van der Waals surface area contributed by atoms with Crippen molar-refractivity contribution in [2.45, 2.75) is 39.0 Å². The van der Waals surface area contributed by atoms with E-state index in [4.69, 9.17) is 14.6 Å². The maximum atomic E-state index is 11.3. The number of aliphatic carboxylic acids is 1. The Morgan fingerprint density at radius 3 is 2.19 bits per heavy atom. The third-order valence-corrected chi connectivity index (χ3v) is 2.58. The fourth-order valence-corrected chi connectivity index (χ4v) is 1.30. The Labute approximate surface area is 124 Å². The van der Waals surface area contributed by atoms with E-state index < -0.39 is 11.9 Å². The fraction of sp³-hybridized carbons (Fsp3) is 0.533. The van der Waals surface area contributed by atoms with Gasteiger partial charge in [-0.1, -0.05) is 13.2 Å². The normalized spacial score (nSPS) is 9.76. The van der Waals surface area contributed by atoms with Gasteiger partial charge in [0.15, 0.2) is 0 Å². The highest BCUT2D eigenvalue weighted by molar-refractivity contribution is 5.87. The van der Waals surface area contributed by atoms with E-state index >= 15 is 0 Å². The zero-order valence-corrected chi connectivity index (χ0v) is 12.4. The molecule has 21 heavy (non-hydrogen) atoms. The lowest BCUT2D eigenvalue weighted by molar-refractivity contribution is -0.144. The number of hydrogen-bond donors (Lipinski definition) is 1. The Morgan fingerprint density at radius 1 is 0.952 bits per heavy atom. The van der Waals surface area contributed by atoms with Crippen molar-refractivity contribution in [1.82, 2.24) is 0 Å². The molecule has 0 aromatic carbocycles. The minimum atomic E-state index is -1.09. The summed E-state index contributed by atoms with van der Waals surface area (Å²) in [5.74, 6) is -1.87. The van der Waals surface area contributed by atoms with Crippen LogP contribution in [-0.4, -0.2) is 36.2 Å². The van der Waals surface area contributed by atoms with Crippen molar-refractivity contribution in [3.8, 4) is 0 Å². The monoisotopic (exact) mass is 298 g/mol. The van der Waals surface area contributed by atoms with Gasteiger partial charge in [0, 0.05) is 24.0 Å². The van der Waals surface area contributed by atoms with Crippen LogP contribution in [0.4, 0.5) is 0 Å². The predicted octanol–water partition coefficient (Wildman–Crippen LogP) is 2.24. The van der Waals surface area contributed by atoms with Crippen LogP contribution in [0.2, 0.25) is 0 Å². The van der Waals surface area contributed by atoms with Crippen LogP contribution in [0, 0.1) is 0 Å². The quantitative estimate of drug-likeness (QED) is 0.357. The fourth-order valence-electron chi connectivity index (χ4n) is 1.30. The molecule has 1 N–H and O–H groups in total. The summed E-state index contributed by atoms with van der Waals surface area (Å²) >= 11 is 0. The average Bonchev–Trinajstić information content (AvgIpc) is 2.41. The summed E-state index contributed by atoms with van der Waals surface area (Å²) < 4.78 is 9.78. The third kappa shape index (κ3) is 10.4. The summed E-state index contributed by atoms with van der Waals surface area (Å²) in [6.45, 7) is 8.71. The van der Waals surface area contributed by atoms with Gasteiger partial charge in [0.25, 0.3) is 0 Å². The second kappa shape index (κ2) is 10.7. The van der Waals surface area contributed by atoms with Gasteiger partial charge < -0.3 is 14.6 Å². The molecular weight excluding hydrogens is 276 g/mol. The van der Waals surface area contributed by atoms with Crippen molar-refractivity contribution in [3.05, 3.63) is 24.3 Å². The summed E-state index contributed by atoms with van der Waals surface area (Å²) in [4.78, 5) is 32.8. The van der Waals surface area contributed by atoms with Gasteiger partial charge in [0.2, 0.25) is 0 Å². The van der Waals surface area contributed by atoms with Crippen molar-refractivity contribution in [2.75, 3.05) is 13.2 Å². The van der Waals surface area contributed by atoms with Crippen molar-refractivity contribution < 1.29 is 29.0 Å². The van der Waals surface area contributed by atoms with Crippen LogP contribution >= 0.6 is 0 Å². The van der Waals surface area contributed by atoms with E-state index in [1.807, 2.05) is 0 Å². The van der Waals surface area contributed by atoms with Crippen molar-refractivity contribution >= 4 is 17.9 Å². The third-order valence-electron chi connectivity index (χ3n) is 2.58. The number of carboxylic acid groups (broad SMARTS) is 1. The molecule has 0 rings (SSSR count). The highest BCUT2D eigenvalue weighted by Gasteiger charge is 2.07. The molecule has 0 saturated heterocycles. The largest absolute Gasteiger partial charge is 0.478 e. The molecule has 0 aromatic heterocycles. The topological polar surface area (TPSA) is 89.9 Å². The van der Waals surface area contributed by atoms with E-state index in [-0.39, 0.29) is 31.0 Å². The van der Waals surface area contributed by atoms with Gasteiger partial charge in [-0.3, -0.25) is 4.79 Å². The van der Waals surface area contributed by atoms with Gasteiger partial charge in [0.1, 0.15) is 0 Å². The average molecular weight is 298 g/mol. The molecule has 118 valence electrons. The molecule has 0 bridgehead atoms. The number of rotatable bonds is 11. The number of unbranched alkanes of at least 4 members (excludes halogenated alkanes) is 2. The van der Waals surface area contributed by atoms with E-state index in [1.54, 1.807) is 6.92 Å². The summed E-state index contributed by atoms with van der Waals surface area (Å²) in [6.07, 6.45) is 2.41. The molecule has 0 radical (unpaired) electrons. The molecule has 0 aliphatic carbocycles. The molecular formula is C15H22O6. The zero-order valence-electron chi connectivity index (χ0n) is 12.4. The maximum absolute atomic E-state index is 11.3. The first-order valence-corrected chi connectivity index (χ1v) is 6.74. The number of carbonyl (C=O) groups excluding carboxylic acids is 2. The molecule has 0 heterocycles. The number of ether oxygens (including phenoxy) is 2. The Kier molecular flexibility index (Phi) is 9.58. The van der Waals surface area contributed by atoms with Crippen LogP contribution in [0.3, 0.4) is 0 Å². The molecule has 0 aromatic rings. The molecule has 0 aliphatic rings. The highest BCUT2D eigenvalue weighted by Crippen LogP contribution is 2.04. The summed E-state index contributed by atoms with van der Waals surface area (Å²) in [7, 11) is 0. The second-order valence-electron chi connectivity index (χ2n) is 4.61. The van der Waals surface area contributed by atoms with Gasteiger partial charge in [-0.05, 0) is 26.2 Å². The first-order chi connectivity index (χ1) is 9.84. The number of hydrogen-bond acceptors (Lipinski definition) is 5. The molecule has 0 fully saturated rings. The second-order valence-corrected chi connectivity index (χ2v) is 4.61. The highest BCUT2D eigenvalue weighted by atomic mass is 16.5. The molecule has 0 saturated carbocycles. The number of esters is 2. The summed E-state index contributed by atoms with van der Waals surface area (Å²) in [5.41, 5.74) is 0.378. The summed E-state index contributed by atoms with van der Waals surface area (Å²) in [5, 5.41) is 8.56. The SMILES string of the molecule is C=C(C)C(=O)OCCCCCC(=O)OCCC(=C)C(=O)O. The van der Waals surface area contributed by atoms with Crippen LogP contribution in [0.5, 0.6) is 0 Å². The molecule has 0 amide bonds. The van der Waals surface area contributed by atoms with E-state index in [1.165, 1.54) is 0 Å².